The second-order valence-electron chi connectivity index (χ2n) is 5.74. The molecule has 150 valence electrons. The summed E-state index contributed by atoms with van der Waals surface area (Å²) in [4.78, 5) is 27.7. The highest BCUT2D eigenvalue weighted by Crippen LogP contribution is 2.32. The third-order valence-corrected chi connectivity index (χ3v) is 4.14. The molecule has 2 aromatic carbocycles. The molecule has 0 fully saturated rings. The van der Waals surface area contributed by atoms with Gasteiger partial charge in [0.15, 0.2) is 5.78 Å². The molecule has 3 aromatic rings. The standard InChI is InChI=1S/C18H10ClF4N3O3/c19-8-14-24-16(17(28)29)25-26(14)13-6-5-9(18(21,22)23)7-11(13)15(27)10-3-1-2-4-12(10)20/h1-7H,8H2,(H,28,29). The van der Waals surface area contributed by atoms with Crippen molar-refractivity contribution in [3.63, 3.8) is 0 Å². The number of ketones is 1. The second kappa shape index (κ2) is 7.63. The van der Waals surface area contributed by atoms with E-state index in [0.29, 0.717) is 12.1 Å². The van der Waals surface area contributed by atoms with E-state index in [9.17, 15) is 27.2 Å². The first kappa shape index (κ1) is 20.5. The molecule has 1 N–H and O–H groups in total. The van der Waals surface area contributed by atoms with Crippen LogP contribution in [0, 0.1) is 5.82 Å². The van der Waals surface area contributed by atoms with Gasteiger partial charge in [-0.2, -0.15) is 13.2 Å². The van der Waals surface area contributed by atoms with Crippen molar-refractivity contribution in [3.8, 4) is 5.69 Å². The lowest BCUT2D eigenvalue weighted by molar-refractivity contribution is -0.137. The molecular formula is C18H10ClF4N3O3. The van der Waals surface area contributed by atoms with Gasteiger partial charge in [-0.25, -0.2) is 18.9 Å². The Bertz CT molecular complexity index is 1110. The molecule has 0 radical (unpaired) electrons. The maximum atomic E-state index is 14.1. The lowest BCUT2D eigenvalue weighted by Gasteiger charge is -2.14. The number of rotatable bonds is 5. The van der Waals surface area contributed by atoms with Crippen molar-refractivity contribution < 1.29 is 32.3 Å². The number of aromatic nitrogens is 3. The number of hydrogen-bond donors (Lipinski definition) is 1. The molecular weight excluding hydrogens is 418 g/mol. The van der Waals surface area contributed by atoms with Crippen LogP contribution in [-0.4, -0.2) is 31.6 Å². The Balaban J connectivity index is 2.27. The SMILES string of the molecule is O=C(O)c1nc(CCl)n(-c2ccc(C(F)(F)F)cc2C(=O)c2ccccc2F)n1. The van der Waals surface area contributed by atoms with E-state index in [-0.39, 0.29) is 17.4 Å². The van der Waals surface area contributed by atoms with E-state index in [1.54, 1.807) is 0 Å². The number of nitrogens with zero attached hydrogens (tertiary/aromatic N) is 3. The minimum absolute atomic E-state index is 0.119. The molecule has 0 saturated carbocycles. The Labute approximate surface area is 165 Å². The number of carboxylic acids is 1. The summed E-state index contributed by atoms with van der Waals surface area (Å²) in [5.74, 6) is -4.59. The molecule has 0 bridgehead atoms. The van der Waals surface area contributed by atoms with Crippen LogP contribution in [0.2, 0.25) is 0 Å². The molecule has 6 nitrogen and oxygen atoms in total. The van der Waals surface area contributed by atoms with Crippen LogP contribution < -0.4 is 0 Å². The third kappa shape index (κ3) is 3.97. The summed E-state index contributed by atoms with van der Waals surface area (Å²) in [5, 5.41) is 12.8. The van der Waals surface area contributed by atoms with E-state index in [1.807, 2.05) is 0 Å². The minimum Gasteiger partial charge on any atom is -0.475 e. The molecule has 29 heavy (non-hydrogen) atoms. The molecule has 0 aliphatic carbocycles. The molecule has 0 amide bonds. The van der Waals surface area contributed by atoms with Gasteiger partial charge in [0.25, 0.3) is 5.82 Å². The Kier molecular flexibility index (Phi) is 5.38. The number of carbonyl (C=O) groups is 2. The fourth-order valence-corrected chi connectivity index (χ4v) is 2.76. The summed E-state index contributed by atoms with van der Waals surface area (Å²) in [6.45, 7) is 0. The Morgan fingerprint density at radius 3 is 2.38 bits per heavy atom. The van der Waals surface area contributed by atoms with Gasteiger partial charge in [-0.1, -0.05) is 12.1 Å². The summed E-state index contributed by atoms with van der Waals surface area (Å²) in [6.07, 6.45) is -4.77. The highest BCUT2D eigenvalue weighted by Gasteiger charge is 2.33. The van der Waals surface area contributed by atoms with Crippen LogP contribution >= 0.6 is 11.6 Å². The first-order valence-electron chi connectivity index (χ1n) is 7.89. The largest absolute Gasteiger partial charge is 0.475 e. The molecule has 0 saturated heterocycles. The molecule has 0 unspecified atom stereocenters. The summed E-state index contributed by atoms with van der Waals surface area (Å²) >= 11 is 5.74. The van der Waals surface area contributed by atoms with Gasteiger partial charge in [0.1, 0.15) is 11.6 Å². The zero-order chi connectivity index (χ0) is 21.3. The Morgan fingerprint density at radius 2 is 1.79 bits per heavy atom. The van der Waals surface area contributed by atoms with Gasteiger partial charge in [-0.15, -0.1) is 16.7 Å². The predicted octanol–water partition coefficient (Wildman–Crippen LogP) is 4.09. The van der Waals surface area contributed by atoms with E-state index >= 15 is 0 Å². The number of hydrogen-bond acceptors (Lipinski definition) is 4. The lowest BCUT2D eigenvalue weighted by atomic mass is 9.98. The van der Waals surface area contributed by atoms with Crippen LogP contribution in [0.15, 0.2) is 42.5 Å². The maximum Gasteiger partial charge on any atom is 0.416 e. The number of carbonyl (C=O) groups excluding carboxylic acids is 1. The molecule has 0 atom stereocenters. The highest BCUT2D eigenvalue weighted by molar-refractivity contribution is 6.17. The summed E-state index contributed by atoms with van der Waals surface area (Å²) in [5.41, 5.74) is -2.37. The monoisotopic (exact) mass is 427 g/mol. The second-order valence-corrected chi connectivity index (χ2v) is 6.01. The van der Waals surface area contributed by atoms with Crippen LogP contribution in [0.5, 0.6) is 0 Å². The first-order valence-corrected chi connectivity index (χ1v) is 8.43. The number of halogens is 5. The van der Waals surface area contributed by atoms with Crippen molar-refractivity contribution >= 4 is 23.4 Å². The van der Waals surface area contributed by atoms with Crippen LogP contribution in [0.3, 0.4) is 0 Å². The topological polar surface area (TPSA) is 85.1 Å². The number of carboxylic acid groups (broad SMARTS) is 1. The van der Waals surface area contributed by atoms with Crippen molar-refractivity contribution in [2.24, 2.45) is 0 Å². The number of alkyl halides is 4. The third-order valence-electron chi connectivity index (χ3n) is 3.90. The van der Waals surface area contributed by atoms with Crippen LogP contribution in [-0.2, 0) is 12.1 Å². The minimum atomic E-state index is -4.77. The highest BCUT2D eigenvalue weighted by atomic mass is 35.5. The van der Waals surface area contributed by atoms with Crippen LogP contribution in [0.1, 0.15) is 37.9 Å². The van der Waals surface area contributed by atoms with Gasteiger partial charge < -0.3 is 5.11 Å². The van der Waals surface area contributed by atoms with Gasteiger partial charge in [-0.3, -0.25) is 4.79 Å². The zero-order valence-corrected chi connectivity index (χ0v) is 15.0. The molecule has 0 aliphatic heterocycles. The van der Waals surface area contributed by atoms with E-state index in [4.69, 9.17) is 16.7 Å². The molecule has 1 heterocycles. The van der Waals surface area contributed by atoms with Gasteiger partial charge >= 0.3 is 12.1 Å². The van der Waals surface area contributed by atoms with Crippen molar-refractivity contribution in [1.82, 2.24) is 14.8 Å². The fourth-order valence-electron chi connectivity index (χ4n) is 2.58. The fraction of sp³-hybridized carbons (Fsp3) is 0.111. The summed E-state index contributed by atoms with van der Waals surface area (Å²) < 4.78 is 54.5. The van der Waals surface area contributed by atoms with Gasteiger partial charge in [0, 0.05) is 5.56 Å². The van der Waals surface area contributed by atoms with Crippen molar-refractivity contribution in [2.45, 2.75) is 12.1 Å². The van der Waals surface area contributed by atoms with E-state index in [0.717, 1.165) is 22.9 Å². The van der Waals surface area contributed by atoms with E-state index in [1.165, 1.54) is 12.1 Å². The number of benzene rings is 2. The normalized spacial score (nSPS) is 11.5. The van der Waals surface area contributed by atoms with Crippen molar-refractivity contribution in [1.29, 1.82) is 0 Å². The molecule has 3 rings (SSSR count). The average Bonchev–Trinajstić information content (AvgIpc) is 3.11. The Morgan fingerprint density at radius 1 is 1.10 bits per heavy atom. The van der Waals surface area contributed by atoms with E-state index in [2.05, 4.69) is 10.1 Å². The Hall–Kier alpha value is -3.27. The predicted molar refractivity (Wildman–Crippen MR) is 92.7 cm³/mol. The first-order chi connectivity index (χ1) is 13.6. The smallest absolute Gasteiger partial charge is 0.416 e. The lowest BCUT2D eigenvalue weighted by Crippen LogP contribution is -2.15. The maximum absolute atomic E-state index is 14.1. The molecule has 0 aliphatic rings. The quantitative estimate of drug-likeness (QED) is 0.376. The molecule has 1 aromatic heterocycles. The van der Waals surface area contributed by atoms with Crippen molar-refractivity contribution in [3.05, 3.63) is 76.6 Å². The molecule has 11 heteroatoms. The van der Waals surface area contributed by atoms with Crippen LogP contribution in [0.25, 0.3) is 5.69 Å². The summed E-state index contributed by atoms with van der Waals surface area (Å²) in [7, 11) is 0. The van der Waals surface area contributed by atoms with Gasteiger partial charge in [0.2, 0.25) is 0 Å². The van der Waals surface area contributed by atoms with E-state index < -0.39 is 46.3 Å². The zero-order valence-electron chi connectivity index (χ0n) is 14.2. The van der Waals surface area contributed by atoms with Crippen LogP contribution in [0.4, 0.5) is 17.6 Å². The van der Waals surface area contributed by atoms with Crippen molar-refractivity contribution in [2.75, 3.05) is 0 Å². The van der Waals surface area contributed by atoms with Gasteiger partial charge in [-0.05, 0) is 30.3 Å². The van der Waals surface area contributed by atoms with Gasteiger partial charge in [0.05, 0.1) is 22.7 Å². The number of aromatic carboxylic acids is 1. The molecule has 0 spiro atoms. The average molecular weight is 428 g/mol. The summed E-state index contributed by atoms with van der Waals surface area (Å²) in [6, 6.07) is 6.94.